The second kappa shape index (κ2) is 5.34. The number of nitrogens with one attached hydrogen (secondary N) is 1. The molecule has 0 aliphatic carbocycles. The van der Waals surface area contributed by atoms with Gasteiger partial charge in [-0.25, -0.2) is 0 Å². The van der Waals surface area contributed by atoms with Crippen LogP contribution in [0.3, 0.4) is 0 Å². The van der Waals surface area contributed by atoms with Gasteiger partial charge in [0, 0.05) is 12.1 Å². The molecule has 4 heteroatoms. The summed E-state index contributed by atoms with van der Waals surface area (Å²) in [7, 11) is 0. The van der Waals surface area contributed by atoms with Gasteiger partial charge in [0.15, 0.2) is 5.11 Å². The Morgan fingerprint density at radius 3 is 2.64 bits per heavy atom. The Hall–Kier alpha value is -1.42. The Morgan fingerprint density at radius 1 is 1.43 bits per heavy atom. The van der Waals surface area contributed by atoms with Crippen LogP contribution in [0.1, 0.15) is 12.5 Å². The van der Waals surface area contributed by atoms with Crippen molar-refractivity contribution in [2.45, 2.75) is 13.3 Å². The zero-order valence-corrected chi connectivity index (χ0v) is 8.84. The van der Waals surface area contributed by atoms with E-state index in [-0.39, 0.29) is 5.11 Å². The fraction of sp³-hybridized carbons (Fsp3) is 0.200. The number of rotatable bonds is 3. The fourth-order valence-corrected chi connectivity index (χ4v) is 1.13. The molecule has 1 rings (SSSR count). The molecule has 0 aliphatic rings. The summed E-state index contributed by atoms with van der Waals surface area (Å²) < 4.78 is 0. The molecule has 0 heterocycles. The first-order valence-corrected chi connectivity index (χ1v) is 4.72. The second-order valence-corrected chi connectivity index (χ2v) is 3.43. The maximum atomic E-state index is 5.25. The van der Waals surface area contributed by atoms with Gasteiger partial charge in [0.2, 0.25) is 0 Å². The first-order valence-electron chi connectivity index (χ1n) is 4.31. The largest absolute Gasteiger partial charge is 0.375 e. The summed E-state index contributed by atoms with van der Waals surface area (Å²) in [6, 6.07) is 10.1. The van der Waals surface area contributed by atoms with Gasteiger partial charge in [0.1, 0.15) is 0 Å². The topological polar surface area (TPSA) is 50.4 Å². The highest BCUT2D eigenvalue weighted by Gasteiger charge is 1.94. The smallest absolute Gasteiger partial charge is 0.184 e. The van der Waals surface area contributed by atoms with E-state index in [0.717, 1.165) is 12.1 Å². The van der Waals surface area contributed by atoms with Gasteiger partial charge in [-0.15, -0.1) is 0 Å². The van der Waals surface area contributed by atoms with Crippen LogP contribution in [0.25, 0.3) is 0 Å². The van der Waals surface area contributed by atoms with Gasteiger partial charge < -0.3 is 5.73 Å². The number of hydrogen-bond donors (Lipinski definition) is 2. The van der Waals surface area contributed by atoms with Crippen molar-refractivity contribution in [2.24, 2.45) is 10.8 Å². The fourth-order valence-electron chi connectivity index (χ4n) is 1.08. The zero-order chi connectivity index (χ0) is 10.4. The van der Waals surface area contributed by atoms with E-state index < -0.39 is 0 Å². The average molecular weight is 207 g/mol. The Kier molecular flexibility index (Phi) is 4.07. The Morgan fingerprint density at radius 2 is 2.07 bits per heavy atom. The molecule has 3 N–H and O–H groups in total. The molecule has 0 radical (unpaired) electrons. The maximum absolute atomic E-state index is 5.25. The van der Waals surface area contributed by atoms with Gasteiger partial charge in [-0.3, -0.25) is 5.43 Å². The SMILES string of the molecule is C/C(Cc1ccccc1)=N/NC(N)=S. The van der Waals surface area contributed by atoms with Crippen molar-refractivity contribution < 1.29 is 0 Å². The Balaban J connectivity index is 2.53. The van der Waals surface area contributed by atoms with Gasteiger partial charge in [-0.05, 0) is 24.7 Å². The number of hydrogen-bond acceptors (Lipinski definition) is 2. The van der Waals surface area contributed by atoms with E-state index in [1.807, 2.05) is 25.1 Å². The van der Waals surface area contributed by atoms with Crippen LogP contribution in [-0.2, 0) is 6.42 Å². The van der Waals surface area contributed by atoms with Crippen molar-refractivity contribution in [2.75, 3.05) is 0 Å². The molecule has 0 saturated heterocycles. The quantitative estimate of drug-likeness (QED) is 0.448. The van der Waals surface area contributed by atoms with Crippen LogP contribution in [-0.4, -0.2) is 10.8 Å². The highest BCUT2D eigenvalue weighted by Crippen LogP contribution is 2.00. The van der Waals surface area contributed by atoms with Gasteiger partial charge in [0.25, 0.3) is 0 Å². The molecule has 0 fully saturated rings. The number of nitrogens with two attached hydrogens (primary N) is 1. The minimum absolute atomic E-state index is 0.192. The first-order chi connectivity index (χ1) is 6.68. The monoisotopic (exact) mass is 207 g/mol. The summed E-state index contributed by atoms with van der Waals surface area (Å²) in [4.78, 5) is 0. The number of thiocarbonyl (C=S) groups is 1. The Labute approximate surface area is 89.0 Å². The Bertz CT molecular complexity index is 332. The predicted molar refractivity (Wildman–Crippen MR) is 63.2 cm³/mol. The lowest BCUT2D eigenvalue weighted by Crippen LogP contribution is -2.25. The van der Waals surface area contributed by atoms with Crippen LogP contribution >= 0.6 is 12.2 Å². The molecule has 0 aromatic heterocycles. The molecule has 0 amide bonds. The molecule has 0 aliphatic heterocycles. The summed E-state index contributed by atoms with van der Waals surface area (Å²) >= 11 is 4.64. The van der Waals surface area contributed by atoms with Crippen LogP contribution in [0.4, 0.5) is 0 Å². The zero-order valence-electron chi connectivity index (χ0n) is 8.03. The number of nitrogens with zero attached hydrogens (tertiary/aromatic N) is 1. The summed E-state index contributed by atoms with van der Waals surface area (Å²) in [5, 5.41) is 4.21. The lowest BCUT2D eigenvalue weighted by atomic mass is 10.1. The molecule has 1 aromatic rings. The van der Waals surface area contributed by atoms with Crippen LogP contribution in [0.5, 0.6) is 0 Å². The van der Waals surface area contributed by atoms with E-state index >= 15 is 0 Å². The predicted octanol–water partition coefficient (Wildman–Crippen LogP) is 1.44. The summed E-state index contributed by atoms with van der Waals surface area (Å²) in [6.45, 7) is 1.93. The third kappa shape index (κ3) is 4.00. The van der Waals surface area contributed by atoms with Gasteiger partial charge in [-0.2, -0.15) is 5.10 Å². The third-order valence-corrected chi connectivity index (χ3v) is 1.75. The van der Waals surface area contributed by atoms with E-state index in [0.29, 0.717) is 0 Å². The van der Waals surface area contributed by atoms with Gasteiger partial charge in [-0.1, -0.05) is 30.3 Å². The summed E-state index contributed by atoms with van der Waals surface area (Å²) in [5.41, 5.74) is 9.98. The molecular formula is C10H13N3S. The van der Waals surface area contributed by atoms with Gasteiger partial charge >= 0.3 is 0 Å². The molecule has 0 saturated carbocycles. The van der Waals surface area contributed by atoms with Crippen LogP contribution < -0.4 is 11.2 Å². The average Bonchev–Trinajstić information content (AvgIpc) is 2.16. The number of hydrazone groups is 1. The molecule has 3 nitrogen and oxygen atoms in total. The number of benzene rings is 1. The molecule has 14 heavy (non-hydrogen) atoms. The highest BCUT2D eigenvalue weighted by atomic mass is 32.1. The van der Waals surface area contributed by atoms with E-state index in [1.54, 1.807) is 0 Å². The maximum Gasteiger partial charge on any atom is 0.184 e. The molecule has 0 spiro atoms. The van der Waals surface area contributed by atoms with Crippen molar-refractivity contribution >= 4 is 23.0 Å². The van der Waals surface area contributed by atoms with Crippen LogP contribution in [0.15, 0.2) is 35.4 Å². The van der Waals surface area contributed by atoms with Crippen molar-refractivity contribution in [3.8, 4) is 0 Å². The van der Waals surface area contributed by atoms with E-state index in [4.69, 9.17) is 5.73 Å². The third-order valence-electron chi connectivity index (χ3n) is 1.66. The van der Waals surface area contributed by atoms with Crippen molar-refractivity contribution in [1.29, 1.82) is 0 Å². The van der Waals surface area contributed by atoms with Crippen molar-refractivity contribution in [3.05, 3.63) is 35.9 Å². The molecule has 74 valence electrons. The standard InChI is InChI=1S/C10H13N3S/c1-8(12-13-10(11)14)7-9-5-3-2-4-6-9/h2-6H,7H2,1H3,(H3,11,13,14)/b12-8-. The lowest BCUT2D eigenvalue weighted by molar-refractivity contribution is 1.01. The molecule has 0 bridgehead atoms. The van der Waals surface area contributed by atoms with Crippen LogP contribution in [0.2, 0.25) is 0 Å². The molecule has 0 atom stereocenters. The minimum atomic E-state index is 0.192. The lowest BCUT2D eigenvalue weighted by Gasteiger charge is -2.01. The normalized spacial score (nSPS) is 11.1. The van der Waals surface area contributed by atoms with Gasteiger partial charge in [0.05, 0.1) is 0 Å². The molecular weight excluding hydrogens is 194 g/mol. The minimum Gasteiger partial charge on any atom is -0.375 e. The summed E-state index contributed by atoms with van der Waals surface area (Å²) in [5.74, 6) is 0. The highest BCUT2D eigenvalue weighted by molar-refractivity contribution is 7.80. The molecule has 0 unspecified atom stereocenters. The molecule has 1 aromatic carbocycles. The van der Waals surface area contributed by atoms with E-state index in [9.17, 15) is 0 Å². The van der Waals surface area contributed by atoms with E-state index in [1.165, 1.54) is 5.56 Å². The van der Waals surface area contributed by atoms with Crippen molar-refractivity contribution in [1.82, 2.24) is 5.43 Å². The van der Waals surface area contributed by atoms with Crippen LogP contribution in [0, 0.1) is 0 Å². The first kappa shape index (κ1) is 10.7. The van der Waals surface area contributed by atoms with Crippen molar-refractivity contribution in [3.63, 3.8) is 0 Å². The summed E-state index contributed by atoms with van der Waals surface area (Å²) in [6.07, 6.45) is 0.802. The van der Waals surface area contributed by atoms with E-state index in [2.05, 4.69) is 34.9 Å². The second-order valence-electron chi connectivity index (χ2n) is 2.99.